The van der Waals surface area contributed by atoms with Crippen molar-refractivity contribution in [2.75, 3.05) is 18.0 Å². The maximum Gasteiger partial charge on any atom is 0.166 e. The number of Topliss-reactive ketones (excluding diaryl/α,β-unsaturated/α-hetero) is 1. The molecule has 0 atom stereocenters. The van der Waals surface area contributed by atoms with Gasteiger partial charge in [0.25, 0.3) is 0 Å². The summed E-state index contributed by atoms with van der Waals surface area (Å²) in [6, 6.07) is 7.81. The van der Waals surface area contributed by atoms with Gasteiger partial charge in [0.2, 0.25) is 0 Å². The van der Waals surface area contributed by atoms with Crippen molar-refractivity contribution in [1.29, 1.82) is 0 Å². The molecule has 0 aliphatic carbocycles. The molecule has 0 spiro atoms. The van der Waals surface area contributed by atoms with Crippen LogP contribution in [-0.2, 0) is 0 Å². The van der Waals surface area contributed by atoms with Gasteiger partial charge < -0.3 is 4.90 Å². The highest BCUT2D eigenvalue weighted by Gasteiger charge is 2.21. The molecule has 1 heterocycles. The Morgan fingerprint density at radius 2 is 2.20 bits per heavy atom. The highest BCUT2D eigenvalue weighted by atomic mass is 16.1. The fraction of sp³-hybridized carbons (Fsp3) is 0.308. The second-order valence-corrected chi connectivity index (χ2v) is 4.07. The minimum atomic E-state index is 0.253. The molecule has 0 aromatic heterocycles. The Bertz CT molecular complexity index is 409. The van der Waals surface area contributed by atoms with Crippen LogP contribution in [0.2, 0.25) is 0 Å². The molecule has 0 saturated carbocycles. The van der Waals surface area contributed by atoms with E-state index in [4.69, 9.17) is 0 Å². The number of carbonyl (C=O) groups excluding carboxylic acids is 1. The Morgan fingerprint density at radius 1 is 1.47 bits per heavy atom. The van der Waals surface area contributed by atoms with Gasteiger partial charge in [-0.3, -0.25) is 4.79 Å². The third kappa shape index (κ3) is 1.94. The van der Waals surface area contributed by atoms with Gasteiger partial charge in [0, 0.05) is 30.8 Å². The van der Waals surface area contributed by atoms with Crippen molar-refractivity contribution in [2.24, 2.45) is 0 Å². The van der Waals surface area contributed by atoms with Crippen LogP contribution in [-0.4, -0.2) is 18.9 Å². The van der Waals surface area contributed by atoms with Crippen molar-refractivity contribution in [3.63, 3.8) is 0 Å². The lowest BCUT2D eigenvalue weighted by atomic mass is 10.00. The zero-order valence-electron chi connectivity index (χ0n) is 8.99. The van der Waals surface area contributed by atoms with Crippen LogP contribution >= 0.6 is 0 Å². The summed E-state index contributed by atoms with van der Waals surface area (Å²) < 4.78 is 0. The molecule has 15 heavy (non-hydrogen) atoms. The van der Waals surface area contributed by atoms with Gasteiger partial charge in [0.1, 0.15) is 0 Å². The van der Waals surface area contributed by atoms with Crippen LogP contribution in [0.5, 0.6) is 0 Å². The van der Waals surface area contributed by atoms with Crippen molar-refractivity contribution in [2.45, 2.75) is 13.3 Å². The first kappa shape index (κ1) is 9.97. The van der Waals surface area contributed by atoms with Crippen LogP contribution in [0.4, 0.5) is 5.69 Å². The molecule has 1 aliphatic heterocycles. The molecule has 0 amide bonds. The van der Waals surface area contributed by atoms with Gasteiger partial charge in [-0.15, -0.1) is 0 Å². The summed E-state index contributed by atoms with van der Waals surface area (Å²) in [6.45, 7) is 7.57. The standard InChI is InChI=1S/C13H15NO/c1-10(2)9-14-8-7-13(15)11-5-3-4-6-12(11)14/h3-6H,1,7-9H2,2H3. The molecular weight excluding hydrogens is 186 g/mol. The Kier molecular flexibility index (Phi) is 2.58. The number of anilines is 1. The van der Waals surface area contributed by atoms with E-state index in [1.54, 1.807) is 0 Å². The Morgan fingerprint density at radius 3 is 2.93 bits per heavy atom. The predicted octanol–water partition coefficient (Wildman–Crippen LogP) is 2.66. The monoisotopic (exact) mass is 201 g/mol. The van der Waals surface area contributed by atoms with Gasteiger partial charge in [-0.1, -0.05) is 24.3 Å². The van der Waals surface area contributed by atoms with Crippen LogP contribution < -0.4 is 4.90 Å². The summed E-state index contributed by atoms with van der Waals surface area (Å²) in [4.78, 5) is 13.9. The van der Waals surface area contributed by atoms with Gasteiger partial charge in [0.15, 0.2) is 5.78 Å². The second-order valence-electron chi connectivity index (χ2n) is 4.07. The fourth-order valence-corrected chi connectivity index (χ4v) is 1.97. The van der Waals surface area contributed by atoms with E-state index < -0.39 is 0 Å². The molecule has 1 aromatic carbocycles. The lowest BCUT2D eigenvalue weighted by molar-refractivity contribution is 0.0980. The first-order chi connectivity index (χ1) is 7.18. The van der Waals surface area contributed by atoms with Crippen LogP contribution in [0, 0.1) is 0 Å². The average Bonchev–Trinajstić information content (AvgIpc) is 2.22. The Balaban J connectivity index is 2.36. The van der Waals surface area contributed by atoms with Crippen LogP contribution in [0.15, 0.2) is 36.4 Å². The number of fused-ring (bicyclic) bond motifs is 1. The zero-order valence-corrected chi connectivity index (χ0v) is 8.99. The molecule has 2 heteroatoms. The second kappa shape index (κ2) is 3.89. The SMILES string of the molecule is C=C(C)CN1CCC(=O)c2ccccc21. The molecule has 0 N–H and O–H groups in total. The summed E-state index contributed by atoms with van der Waals surface area (Å²) in [7, 11) is 0. The van der Waals surface area contributed by atoms with E-state index >= 15 is 0 Å². The maximum absolute atomic E-state index is 11.7. The van der Waals surface area contributed by atoms with E-state index in [-0.39, 0.29) is 5.78 Å². The molecule has 1 aliphatic rings. The van der Waals surface area contributed by atoms with Crippen LogP contribution in [0.1, 0.15) is 23.7 Å². The van der Waals surface area contributed by atoms with E-state index in [2.05, 4.69) is 11.5 Å². The normalized spacial score (nSPS) is 15.0. The molecule has 0 fully saturated rings. The molecule has 0 radical (unpaired) electrons. The van der Waals surface area contributed by atoms with Crippen LogP contribution in [0.25, 0.3) is 0 Å². The first-order valence-corrected chi connectivity index (χ1v) is 5.20. The van der Waals surface area contributed by atoms with Gasteiger partial charge in [0.05, 0.1) is 0 Å². The zero-order chi connectivity index (χ0) is 10.8. The Hall–Kier alpha value is -1.57. The summed E-state index contributed by atoms with van der Waals surface area (Å²) >= 11 is 0. The first-order valence-electron chi connectivity index (χ1n) is 5.20. The topological polar surface area (TPSA) is 20.3 Å². The lowest BCUT2D eigenvalue weighted by Gasteiger charge is -2.30. The minimum Gasteiger partial charge on any atom is -0.367 e. The number of ketones is 1. The number of para-hydroxylation sites is 1. The third-order valence-electron chi connectivity index (χ3n) is 2.61. The maximum atomic E-state index is 11.7. The Labute approximate surface area is 90.2 Å². The predicted molar refractivity (Wildman–Crippen MR) is 62.4 cm³/mol. The van der Waals surface area contributed by atoms with E-state index in [1.807, 2.05) is 31.2 Å². The number of carbonyl (C=O) groups is 1. The number of benzene rings is 1. The summed E-state index contributed by atoms with van der Waals surface area (Å²) in [6.07, 6.45) is 0.615. The van der Waals surface area contributed by atoms with Crippen molar-refractivity contribution in [3.8, 4) is 0 Å². The number of hydrogen-bond donors (Lipinski definition) is 0. The number of hydrogen-bond acceptors (Lipinski definition) is 2. The number of rotatable bonds is 2. The van der Waals surface area contributed by atoms with E-state index in [0.717, 1.165) is 29.9 Å². The van der Waals surface area contributed by atoms with Gasteiger partial charge >= 0.3 is 0 Å². The highest BCUT2D eigenvalue weighted by molar-refractivity contribution is 6.03. The molecule has 1 aromatic rings. The minimum absolute atomic E-state index is 0.253. The van der Waals surface area contributed by atoms with Gasteiger partial charge in [-0.2, -0.15) is 0 Å². The van der Waals surface area contributed by atoms with Crippen molar-refractivity contribution in [1.82, 2.24) is 0 Å². The molecule has 78 valence electrons. The van der Waals surface area contributed by atoms with E-state index in [1.165, 1.54) is 0 Å². The van der Waals surface area contributed by atoms with Gasteiger partial charge in [-0.25, -0.2) is 0 Å². The third-order valence-corrected chi connectivity index (χ3v) is 2.61. The van der Waals surface area contributed by atoms with Crippen LogP contribution in [0.3, 0.4) is 0 Å². The molecule has 0 unspecified atom stereocenters. The molecule has 0 bridgehead atoms. The average molecular weight is 201 g/mol. The lowest BCUT2D eigenvalue weighted by Crippen LogP contribution is -2.33. The largest absolute Gasteiger partial charge is 0.367 e. The van der Waals surface area contributed by atoms with Crippen molar-refractivity contribution >= 4 is 11.5 Å². The smallest absolute Gasteiger partial charge is 0.166 e. The molecule has 2 nitrogen and oxygen atoms in total. The molecule has 2 rings (SSSR count). The molecule has 0 saturated heterocycles. The van der Waals surface area contributed by atoms with E-state index in [0.29, 0.717) is 6.42 Å². The van der Waals surface area contributed by atoms with E-state index in [9.17, 15) is 4.79 Å². The molecular formula is C13H15NO. The summed E-state index contributed by atoms with van der Waals surface area (Å²) in [5.41, 5.74) is 3.03. The fourth-order valence-electron chi connectivity index (χ4n) is 1.97. The quantitative estimate of drug-likeness (QED) is 0.686. The van der Waals surface area contributed by atoms with Crippen molar-refractivity contribution < 1.29 is 4.79 Å². The van der Waals surface area contributed by atoms with Crippen molar-refractivity contribution in [3.05, 3.63) is 42.0 Å². The summed E-state index contributed by atoms with van der Waals surface area (Å²) in [5.74, 6) is 0.253. The highest BCUT2D eigenvalue weighted by Crippen LogP contribution is 2.26. The summed E-state index contributed by atoms with van der Waals surface area (Å²) in [5, 5.41) is 0. The van der Waals surface area contributed by atoms with Gasteiger partial charge in [-0.05, 0) is 19.1 Å². The number of nitrogens with zero attached hydrogens (tertiary/aromatic N) is 1.